The number of aliphatic imine (C=N–C) groups is 1. The Labute approximate surface area is 75.8 Å². The molecule has 0 radical (unpaired) electrons. The molecule has 1 aromatic rings. The molecule has 0 unspecified atom stereocenters. The lowest BCUT2D eigenvalue weighted by Gasteiger charge is -1.87. The summed E-state index contributed by atoms with van der Waals surface area (Å²) in [6.45, 7) is 5.87. The summed E-state index contributed by atoms with van der Waals surface area (Å²) in [5, 5.41) is 2.65. The number of rotatable bonds is 1. The van der Waals surface area contributed by atoms with Crippen LogP contribution in [-0.2, 0) is 0 Å². The number of nitrogens with zero attached hydrogens (tertiary/aromatic N) is 2. The van der Waals surface area contributed by atoms with E-state index >= 15 is 0 Å². The molecular formula is C7H10N2S2. The Hall–Kier alpha value is -0.350. The number of hydrogen-bond donors (Lipinski definition) is 1. The molecule has 0 bridgehead atoms. The van der Waals surface area contributed by atoms with Crippen LogP contribution in [0, 0.1) is 6.92 Å². The molecule has 0 saturated carbocycles. The molecule has 0 fully saturated rings. The number of thiazole rings is 1. The van der Waals surface area contributed by atoms with Gasteiger partial charge in [0.05, 0.1) is 5.01 Å². The second-order valence-corrected chi connectivity index (χ2v) is 4.03. The quantitative estimate of drug-likeness (QED) is 0.529. The fraction of sp³-hybridized carbons (Fsp3) is 0.429. The van der Waals surface area contributed by atoms with Gasteiger partial charge in [-0.1, -0.05) is 11.3 Å². The molecule has 0 spiro atoms. The largest absolute Gasteiger partial charge is 0.245 e. The molecule has 0 aliphatic carbocycles. The van der Waals surface area contributed by atoms with Gasteiger partial charge < -0.3 is 0 Å². The molecule has 0 N–H and O–H groups in total. The number of aryl methyl sites for hydroxylation is 1. The van der Waals surface area contributed by atoms with Gasteiger partial charge in [0.15, 0.2) is 0 Å². The van der Waals surface area contributed by atoms with Crippen molar-refractivity contribution in [2.75, 3.05) is 0 Å². The van der Waals surface area contributed by atoms with Gasteiger partial charge in [0.25, 0.3) is 0 Å². The molecule has 4 heteroatoms. The van der Waals surface area contributed by atoms with E-state index in [-0.39, 0.29) is 0 Å². The van der Waals surface area contributed by atoms with Crippen LogP contribution in [0.5, 0.6) is 0 Å². The summed E-state index contributed by atoms with van der Waals surface area (Å²) in [5.74, 6) is 0. The average molecular weight is 186 g/mol. The molecule has 1 aromatic heterocycles. The van der Waals surface area contributed by atoms with Crippen LogP contribution in [-0.4, -0.2) is 10.7 Å². The zero-order valence-corrected chi connectivity index (χ0v) is 8.46. The third-order valence-corrected chi connectivity index (χ3v) is 2.35. The Morgan fingerprint density at radius 3 is 2.55 bits per heavy atom. The smallest absolute Gasteiger partial charge is 0.149 e. The standard InChI is InChI=1S/C7H10N2S2/c1-4(2)8-7-6(10)9-5(3)11-7/h10H,1-3H3. The number of aromatic nitrogens is 1. The lowest BCUT2D eigenvalue weighted by Crippen LogP contribution is -1.76. The van der Waals surface area contributed by atoms with Gasteiger partial charge in [0.1, 0.15) is 10.0 Å². The second kappa shape index (κ2) is 3.36. The molecule has 0 amide bonds. The lowest BCUT2D eigenvalue weighted by atomic mass is 10.5. The molecule has 0 aliphatic rings. The maximum atomic E-state index is 4.28. The fourth-order valence-electron chi connectivity index (χ4n) is 0.681. The van der Waals surface area contributed by atoms with E-state index in [1.54, 1.807) is 11.3 Å². The van der Waals surface area contributed by atoms with Crippen LogP contribution in [0.25, 0.3) is 0 Å². The Morgan fingerprint density at radius 2 is 2.18 bits per heavy atom. The summed E-state index contributed by atoms with van der Waals surface area (Å²) in [6, 6.07) is 0. The van der Waals surface area contributed by atoms with Gasteiger partial charge in [-0.3, -0.25) is 0 Å². The second-order valence-electron chi connectivity index (χ2n) is 2.42. The third kappa shape index (κ3) is 2.31. The van der Waals surface area contributed by atoms with Crippen molar-refractivity contribution in [2.45, 2.75) is 25.8 Å². The van der Waals surface area contributed by atoms with E-state index in [4.69, 9.17) is 0 Å². The Bertz CT molecular complexity index is 285. The summed E-state index contributed by atoms with van der Waals surface area (Å²) in [7, 11) is 0. The lowest BCUT2D eigenvalue weighted by molar-refractivity contribution is 1.14. The monoisotopic (exact) mass is 186 g/mol. The van der Waals surface area contributed by atoms with E-state index in [0.29, 0.717) is 0 Å². The summed E-state index contributed by atoms with van der Waals surface area (Å²) in [5.41, 5.74) is 1.03. The molecule has 11 heavy (non-hydrogen) atoms. The SMILES string of the molecule is CC(C)=Nc1sc(C)nc1S. The van der Waals surface area contributed by atoms with Crippen molar-refractivity contribution in [3.63, 3.8) is 0 Å². The minimum absolute atomic E-state index is 0.730. The van der Waals surface area contributed by atoms with Crippen molar-refractivity contribution >= 4 is 34.7 Å². The maximum Gasteiger partial charge on any atom is 0.149 e. The summed E-state index contributed by atoms with van der Waals surface area (Å²) >= 11 is 5.75. The minimum atomic E-state index is 0.730. The van der Waals surface area contributed by atoms with Crippen molar-refractivity contribution in [1.82, 2.24) is 4.98 Å². The van der Waals surface area contributed by atoms with Crippen molar-refractivity contribution in [3.05, 3.63) is 5.01 Å². The molecule has 1 heterocycles. The highest BCUT2D eigenvalue weighted by Gasteiger charge is 2.02. The van der Waals surface area contributed by atoms with Crippen LogP contribution >= 0.6 is 24.0 Å². The van der Waals surface area contributed by atoms with Gasteiger partial charge in [-0.15, -0.1) is 12.6 Å². The summed E-state index contributed by atoms with van der Waals surface area (Å²) < 4.78 is 0. The molecule has 0 atom stereocenters. The van der Waals surface area contributed by atoms with Gasteiger partial charge >= 0.3 is 0 Å². The van der Waals surface area contributed by atoms with Crippen molar-refractivity contribution in [3.8, 4) is 0 Å². The maximum absolute atomic E-state index is 4.28. The van der Waals surface area contributed by atoms with Crippen molar-refractivity contribution < 1.29 is 0 Å². The van der Waals surface area contributed by atoms with E-state index in [0.717, 1.165) is 20.7 Å². The van der Waals surface area contributed by atoms with Crippen LogP contribution in [0.3, 0.4) is 0 Å². The van der Waals surface area contributed by atoms with Crippen LogP contribution in [0.4, 0.5) is 5.00 Å². The first-order valence-corrected chi connectivity index (χ1v) is 4.54. The van der Waals surface area contributed by atoms with E-state index in [1.807, 2.05) is 20.8 Å². The highest BCUT2D eigenvalue weighted by Crippen LogP contribution is 2.29. The van der Waals surface area contributed by atoms with Crippen LogP contribution < -0.4 is 0 Å². The Morgan fingerprint density at radius 1 is 1.55 bits per heavy atom. The van der Waals surface area contributed by atoms with E-state index < -0.39 is 0 Å². The zero-order chi connectivity index (χ0) is 8.43. The highest BCUT2D eigenvalue weighted by atomic mass is 32.1. The number of thiol groups is 1. The Kier molecular flexibility index (Phi) is 2.67. The third-order valence-electron chi connectivity index (χ3n) is 1.02. The predicted octanol–water partition coefficient (Wildman–Crippen LogP) is 2.85. The minimum Gasteiger partial charge on any atom is -0.245 e. The first kappa shape index (κ1) is 8.74. The van der Waals surface area contributed by atoms with E-state index in [1.165, 1.54) is 0 Å². The van der Waals surface area contributed by atoms with Gasteiger partial charge in [-0.05, 0) is 20.8 Å². The zero-order valence-electron chi connectivity index (χ0n) is 6.75. The van der Waals surface area contributed by atoms with Crippen molar-refractivity contribution in [1.29, 1.82) is 0 Å². The molecule has 0 saturated heterocycles. The van der Waals surface area contributed by atoms with E-state index in [9.17, 15) is 0 Å². The number of hydrogen-bond acceptors (Lipinski definition) is 4. The molecule has 0 aromatic carbocycles. The van der Waals surface area contributed by atoms with Gasteiger partial charge in [0.2, 0.25) is 0 Å². The van der Waals surface area contributed by atoms with Gasteiger partial charge in [-0.25, -0.2) is 9.98 Å². The van der Waals surface area contributed by atoms with Crippen LogP contribution in [0.2, 0.25) is 0 Å². The predicted molar refractivity (Wildman–Crippen MR) is 52.5 cm³/mol. The van der Waals surface area contributed by atoms with Crippen LogP contribution in [0.1, 0.15) is 18.9 Å². The highest BCUT2D eigenvalue weighted by molar-refractivity contribution is 7.80. The van der Waals surface area contributed by atoms with Crippen LogP contribution in [0.15, 0.2) is 10.0 Å². The Balaban J connectivity index is 3.04. The molecule has 2 nitrogen and oxygen atoms in total. The topological polar surface area (TPSA) is 25.2 Å². The molecule has 0 aliphatic heterocycles. The summed E-state index contributed by atoms with van der Waals surface area (Å²) in [6.07, 6.45) is 0. The normalized spacial score (nSPS) is 9.82. The first-order chi connectivity index (χ1) is 5.09. The first-order valence-electron chi connectivity index (χ1n) is 3.28. The fourth-order valence-corrected chi connectivity index (χ4v) is 1.87. The summed E-state index contributed by atoms with van der Waals surface area (Å²) in [4.78, 5) is 8.42. The van der Waals surface area contributed by atoms with Crippen molar-refractivity contribution in [2.24, 2.45) is 4.99 Å². The molecular weight excluding hydrogens is 176 g/mol. The van der Waals surface area contributed by atoms with Gasteiger partial charge in [0, 0.05) is 5.71 Å². The average Bonchev–Trinajstić information content (AvgIpc) is 2.09. The molecule has 60 valence electrons. The van der Waals surface area contributed by atoms with Gasteiger partial charge in [-0.2, -0.15) is 0 Å². The molecule has 1 rings (SSSR count). The van der Waals surface area contributed by atoms with E-state index in [2.05, 4.69) is 22.6 Å².